The highest BCUT2D eigenvalue weighted by Gasteiger charge is 2.47. The fourth-order valence-electron chi connectivity index (χ4n) is 3.26. The van der Waals surface area contributed by atoms with E-state index in [0.29, 0.717) is 11.7 Å². The Labute approximate surface area is 80.2 Å². The van der Waals surface area contributed by atoms with Gasteiger partial charge in [-0.1, -0.05) is 18.6 Å². The van der Waals surface area contributed by atoms with Crippen molar-refractivity contribution in [1.29, 1.82) is 0 Å². The summed E-state index contributed by atoms with van der Waals surface area (Å²) >= 11 is 0. The van der Waals surface area contributed by atoms with Crippen LogP contribution in [0.25, 0.3) is 0 Å². The van der Waals surface area contributed by atoms with E-state index in [9.17, 15) is 4.79 Å². The molecule has 13 heavy (non-hydrogen) atoms. The van der Waals surface area contributed by atoms with Gasteiger partial charge in [-0.3, -0.25) is 4.79 Å². The van der Waals surface area contributed by atoms with Gasteiger partial charge in [0.15, 0.2) is 0 Å². The number of hydrogen-bond donors (Lipinski definition) is 0. The van der Waals surface area contributed by atoms with Crippen LogP contribution in [0.2, 0.25) is 0 Å². The van der Waals surface area contributed by atoms with Crippen LogP contribution in [0.1, 0.15) is 46.0 Å². The lowest BCUT2D eigenvalue weighted by molar-refractivity contribution is -0.127. The second kappa shape index (κ2) is 2.97. The van der Waals surface area contributed by atoms with Gasteiger partial charge in [0.2, 0.25) is 0 Å². The minimum atomic E-state index is 0.240. The second-order valence-electron chi connectivity index (χ2n) is 4.64. The van der Waals surface area contributed by atoms with E-state index in [0.717, 1.165) is 25.7 Å². The van der Waals surface area contributed by atoms with Gasteiger partial charge in [-0.05, 0) is 38.0 Å². The molecule has 0 saturated heterocycles. The zero-order chi connectivity index (χ0) is 9.47. The maximum absolute atomic E-state index is 11.7. The smallest absolute Gasteiger partial charge is 0.136 e. The highest BCUT2D eigenvalue weighted by molar-refractivity contribution is 5.83. The summed E-state index contributed by atoms with van der Waals surface area (Å²) in [5, 5.41) is 0. The molecule has 2 fully saturated rings. The topological polar surface area (TPSA) is 17.1 Å². The Kier molecular flexibility index (Phi) is 2.05. The summed E-state index contributed by atoms with van der Waals surface area (Å²) in [6.07, 6.45) is 7.65. The number of Topliss-reactive ketones (excluding diaryl/α,β-unsaturated/α-hetero) is 1. The number of ketones is 1. The third-order valence-corrected chi connectivity index (χ3v) is 4.06. The van der Waals surface area contributed by atoms with Crippen LogP contribution in [-0.4, -0.2) is 5.78 Å². The number of rotatable bonds is 0. The average molecular weight is 178 g/mol. The van der Waals surface area contributed by atoms with Crippen LogP contribution in [0.5, 0.6) is 0 Å². The van der Waals surface area contributed by atoms with E-state index < -0.39 is 0 Å². The third-order valence-electron chi connectivity index (χ3n) is 4.06. The monoisotopic (exact) mass is 178 g/mol. The molecule has 0 bridgehead atoms. The van der Waals surface area contributed by atoms with Gasteiger partial charge in [-0.2, -0.15) is 0 Å². The van der Waals surface area contributed by atoms with Crippen molar-refractivity contribution in [2.24, 2.45) is 11.3 Å². The molecular weight excluding hydrogens is 160 g/mol. The molecule has 72 valence electrons. The predicted molar refractivity (Wildman–Crippen MR) is 53.4 cm³/mol. The summed E-state index contributed by atoms with van der Waals surface area (Å²) in [6, 6.07) is 0. The van der Waals surface area contributed by atoms with Crippen LogP contribution >= 0.6 is 0 Å². The van der Waals surface area contributed by atoms with Gasteiger partial charge in [0.1, 0.15) is 5.78 Å². The van der Waals surface area contributed by atoms with Gasteiger partial charge in [0.25, 0.3) is 0 Å². The molecule has 1 nitrogen and oxygen atoms in total. The summed E-state index contributed by atoms with van der Waals surface area (Å²) in [5.74, 6) is 0.873. The summed E-state index contributed by atoms with van der Waals surface area (Å²) in [6.45, 7) is 4.40. The van der Waals surface area contributed by atoms with Crippen molar-refractivity contribution in [2.45, 2.75) is 46.0 Å². The van der Waals surface area contributed by atoms with Gasteiger partial charge in [-0.15, -0.1) is 0 Å². The molecule has 2 rings (SSSR count). The number of carbonyl (C=O) groups excluding carboxylic acids is 1. The third kappa shape index (κ3) is 1.17. The molecule has 0 aromatic carbocycles. The van der Waals surface area contributed by atoms with Crippen LogP contribution in [0.15, 0.2) is 11.6 Å². The van der Waals surface area contributed by atoms with Crippen molar-refractivity contribution in [1.82, 2.24) is 0 Å². The molecule has 0 heterocycles. The minimum Gasteiger partial charge on any atom is -0.299 e. The molecule has 0 aromatic rings. The fraction of sp³-hybridized carbons (Fsp3) is 0.750. The van der Waals surface area contributed by atoms with Crippen molar-refractivity contribution in [3.8, 4) is 0 Å². The van der Waals surface area contributed by atoms with Crippen molar-refractivity contribution >= 4 is 5.78 Å². The molecule has 0 amide bonds. The first-order valence-corrected chi connectivity index (χ1v) is 5.37. The Balaban J connectivity index is 2.34. The Morgan fingerprint density at radius 1 is 1.46 bits per heavy atom. The Morgan fingerprint density at radius 3 is 2.92 bits per heavy atom. The van der Waals surface area contributed by atoms with E-state index in [2.05, 4.69) is 19.9 Å². The van der Waals surface area contributed by atoms with E-state index >= 15 is 0 Å². The van der Waals surface area contributed by atoms with Crippen LogP contribution in [0.4, 0.5) is 0 Å². The minimum absolute atomic E-state index is 0.240. The zero-order valence-corrected chi connectivity index (χ0v) is 8.60. The highest BCUT2D eigenvalue weighted by atomic mass is 16.1. The molecule has 1 heteroatoms. The van der Waals surface area contributed by atoms with Gasteiger partial charge in [0, 0.05) is 12.3 Å². The fourth-order valence-corrected chi connectivity index (χ4v) is 3.26. The van der Waals surface area contributed by atoms with Crippen molar-refractivity contribution in [3.05, 3.63) is 11.6 Å². The summed E-state index contributed by atoms with van der Waals surface area (Å²) in [5.41, 5.74) is 1.77. The first kappa shape index (κ1) is 8.98. The SMILES string of the molecule is C/C=C1\CC[C@H]2C(=O)CCC[C@]12C. The summed E-state index contributed by atoms with van der Waals surface area (Å²) < 4.78 is 0. The number of allylic oxidation sites excluding steroid dienone is 2. The Morgan fingerprint density at radius 2 is 2.23 bits per heavy atom. The predicted octanol–water partition coefficient (Wildman–Crippen LogP) is 3.10. The molecule has 0 aromatic heterocycles. The van der Waals surface area contributed by atoms with Crippen LogP contribution in [0, 0.1) is 11.3 Å². The lowest BCUT2D eigenvalue weighted by Crippen LogP contribution is -2.33. The maximum atomic E-state index is 11.7. The molecule has 0 spiro atoms. The molecule has 2 atom stereocenters. The largest absolute Gasteiger partial charge is 0.299 e. The van der Waals surface area contributed by atoms with E-state index in [4.69, 9.17) is 0 Å². The van der Waals surface area contributed by atoms with Crippen molar-refractivity contribution < 1.29 is 4.79 Å². The number of carbonyl (C=O) groups is 1. The molecule has 0 radical (unpaired) electrons. The molecule has 2 aliphatic carbocycles. The first-order valence-electron chi connectivity index (χ1n) is 5.37. The van der Waals surface area contributed by atoms with E-state index in [1.165, 1.54) is 12.0 Å². The molecule has 2 aliphatic rings. The quantitative estimate of drug-likeness (QED) is 0.521. The van der Waals surface area contributed by atoms with Crippen LogP contribution < -0.4 is 0 Å². The lowest BCUT2D eigenvalue weighted by atomic mass is 9.67. The van der Waals surface area contributed by atoms with Gasteiger partial charge < -0.3 is 0 Å². The van der Waals surface area contributed by atoms with Gasteiger partial charge >= 0.3 is 0 Å². The standard InChI is InChI=1S/C12H18O/c1-3-9-6-7-10-11(13)5-4-8-12(9,10)2/h3,10H,4-8H2,1-2H3/b9-3+/t10-,12+/m0/s1. The molecular formula is C12H18O. The number of hydrogen-bond acceptors (Lipinski definition) is 1. The van der Waals surface area contributed by atoms with Crippen LogP contribution in [-0.2, 0) is 4.79 Å². The maximum Gasteiger partial charge on any atom is 0.136 e. The molecule has 0 aliphatic heterocycles. The molecule has 0 N–H and O–H groups in total. The summed E-state index contributed by atoms with van der Waals surface area (Å²) in [7, 11) is 0. The van der Waals surface area contributed by atoms with Crippen molar-refractivity contribution in [2.75, 3.05) is 0 Å². The lowest BCUT2D eigenvalue weighted by Gasteiger charge is -2.36. The van der Waals surface area contributed by atoms with E-state index in [1.807, 2.05) is 0 Å². The highest BCUT2D eigenvalue weighted by Crippen LogP contribution is 2.53. The van der Waals surface area contributed by atoms with E-state index in [-0.39, 0.29) is 5.41 Å². The van der Waals surface area contributed by atoms with E-state index in [1.54, 1.807) is 0 Å². The van der Waals surface area contributed by atoms with Crippen LogP contribution in [0.3, 0.4) is 0 Å². The van der Waals surface area contributed by atoms with Crippen molar-refractivity contribution in [3.63, 3.8) is 0 Å². The molecule has 2 saturated carbocycles. The Bertz CT molecular complexity index is 264. The zero-order valence-electron chi connectivity index (χ0n) is 8.60. The Hall–Kier alpha value is -0.590. The average Bonchev–Trinajstić information content (AvgIpc) is 2.43. The molecule has 0 unspecified atom stereocenters. The number of fused-ring (bicyclic) bond motifs is 1. The van der Waals surface area contributed by atoms with Gasteiger partial charge in [-0.25, -0.2) is 0 Å². The van der Waals surface area contributed by atoms with Gasteiger partial charge in [0.05, 0.1) is 0 Å². The first-order chi connectivity index (χ1) is 6.18. The second-order valence-corrected chi connectivity index (χ2v) is 4.64. The normalized spacial score (nSPS) is 42.5. The summed E-state index contributed by atoms with van der Waals surface area (Å²) in [4.78, 5) is 11.7.